The first-order valence-corrected chi connectivity index (χ1v) is 8.42. The Balaban J connectivity index is 1.72. The van der Waals surface area contributed by atoms with E-state index in [1.807, 2.05) is 25.2 Å². The summed E-state index contributed by atoms with van der Waals surface area (Å²) in [5.74, 6) is 3.71. The van der Waals surface area contributed by atoms with E-state index in [0.717, 1.165) is 23.6 Å². The van der Waals surface area contributed by atoms with Crippen molar-refractivity contribution in [2.45, 2.75) is 51.5 Å². The van der Waals surface area contributed by atoms with Crippen LogP contribution in [0.4, 0.5) is 11.8 Å². The second-order valence-corrected chi connectivity index (χ2v) is 7.00. The fraction of sp³-hybridized carbons (Fsp3) is 0.765. The molecule has 4 nitrogen and oxygen atoms in total. The first-order chi connectivity index (χ1) is 10.1. The smallest absolute Gasteiger partial charge is 0.226 e. The number of aromatic nitrogens is 2. The van der Waals surface area contributed by atoms with Gasteiger partial charge in [-0.3, -0.25) is 0 Å². The van der Waals surface area contributed by atoms with Crippen LogP contribution in [0, 0.1) is 11.8 Å². The van der Waals surface area contributed by atoms with E-state index in [9.17, 15) is 0 Å². The summed E-state index contributed by atoms with van der Waals surface area (Å²) >= 11 is 0. The average Bonchev–Trinajstić information content (AvgIpc) is 2.90. The summed E-state index contributed by atoms with van der Waals surface area (Å²) < 4.78 is 0. The van der Waals surface area contributed by atoms with Gasteiger partial charge in [-0.25, -0.2) is 4.98 Å². The van der Waals surface area contributed by atoms with E-state index < -0.39 is 0 Å². The predicted octanol–water partition coefficient (Wildman–Crippen LogP) is 3.34. The molecule has 2 fully saturated rings. The van der Waals surface area contributed by atoms with Gasteiger partial charge in [0.25, 0.3) is 0 Å². The van der Waals surface area contributed by atoms with Crippen LogP contribution in [0.2, 0.25) is 0 Å². The number of anilines is 2. The maximum Gasteiger partial charge on any atom is 0.226 e. The van der Waals surface area contributed by atoms with E-state index in [4.69, 9.17) is 4.98 Å². The second kappa shape index (κ2) is 6.20. The van der Waals surface area contributed by atoms with Crippen molar-refractivity contribution in [3.63, 3.8) is 0 Å². The Morgan fingerprint density at radius 1 is 1.14 bits per heavy atom. The second-order valence-electron chi connectivity index (χ2n) is 7.00. The van der Waals surface area contributed by atoms with Crippen molar-refractivity contribution in [3.05, 3.63) is 12.3 Å². The molecule has 0 aromatic carbocycles. The van der Waals surface area contributed by atoms with Crippen molar-refractivity contribution in [2.75, 3.05) is 30.4 Å². The minimum absolute atomic E-state index is 0.599. The van der Waals surface area contributed by atoms with Crippen LogP contribution in [0.3, 0.4) is 0 Å². The van der Waals surface area contributed by atoms with E-state index in [2.05, 4.69) is 22.9 Å². The molecule has 2 unspecified atom stereocenters. The molecule has 3 rings (SSSR count). The summed E-state index contributed by atoms with van der Waals surface area (Å²) in [6.45, 7) is 3.52. The van der Waals surface area contributed by atoms with E-state index in [-0.39, 0.29) is 0 Å². The fourth-order valence-corrected chi connectivity index (χ4v) is 4.05. The zero-order valence-corrected chi connectivity index (χ0v) is 13.6. The van der Waals surface area contributed by atoms with Crippen LogP contribution < -0.4 is 9.80 Å². The van der Waals surface area contributed by atoms with Crippen molar-refractivity contribution >= 4 is 11.8 Å². The van der Waals surface area contributed by atoms with Gasteiger partial charge in [0.05, 0.1) is 0 Å². The molecule has 1 aliphatic heterocycles. The van der Waals surface area contributed by atoms with Crippen molar-refractivity contribution < 1.29 is 0 Å². The Labute approximate surface area is 128 Å². The van der Waals surface area contributed by atoms with Crippen LogP contribution in [-0.2, 0) is 0 Å². The molecule has 2 heterocycles. The minimum Gasteiger partial charge on any atom is -0.353 e. The zero-order valence-electron chi connectivity index (χ0n) is 13.6. The van der Waals surface area contributed by atoms with E-state index >= 15 is 0 Å². The molecule has 1 aliphatic carbocycles. The highest BCUT2D eigenvalue weighted by Gasteiger charge is 2.35. The number of rotatable bonds is 3. The van der Waals surface area contributed by atoms with E-state index in [1.165, 1.54) is 45.1 Å². The van der Waals surface area contributed by atoms with Gasteiger partial charge in [-0.15, -0.1) is 0 Å². The van der Waals surface area contributed by atoms with Crippen LogP contribution >= 0.6 is 0 Å². The summed E-state index contributed by atoms with van der Waals surface area (Å²) in [4.78, 5) is 13.5. The molecule has 0 N–H and O–H groups in total. The largest absolute Gasteiger partial charge is 0.353 e. The maximum absolute atomic E-state index is 4.72. The Bertz CT molecular complexity index is 468. The number of hydrogen-bond acceptors (Lipinski definition) is 4. The summed E-state index contributed by atoms with van der Waals surface area (Å²) in [6.07, 6.45) is 10.4. The molecule has 0 radical (unpaired) electrons. The third-order valence-electron chi connectivity index (χ3n) is 5.25. The monoisotopic (exact) mass is 288 g/mol. The summed E-state index contributed by atoms with van der Waals surface area (Å²) in [6, 6.07) is 2.66. The third-order valence-corrected chi connectivity index (χ3v) is 5.25. The van der Waals surface area contributed by atoms with Gasteiger partial charge in [0.15, 0.2) is 0 Å². The standard InChI is InChI=1S/C17H28N4/c1-13-11-15(14-7-5-4-6-8-14)12-21(13)16-9-10-18-17(19-16)20(2)3/h9-10,13-15H,4-8,11-12H2,1-3H3. The Morgan fingerprint density at radius 3 is 2.62 bits per heavy atom. The van der Waals surface area contributed by atoms with Gasteiger partial charge < -0.3 is 9.80 Å². The van der Waals surface area contributed by atoms with Gasteiger partial charge >= 0.3 is 0 Å². The topological polar surface area (TPSA) is 32.3 Å². The molecule has 2 aliphatic rings. The van der Waals surface area contributed by atoms with Crippen molar-refractivity contribution in [3.8, 4) is 0 Å². The molecule has 0 spiro atoms. The highest BCUT2D eigenvalue weighted by atomic mass is 15.3. The van der Waals surface area contributed by atoms with Crippen molar-refractivity contribution in [1.29, 1.82) is 0 Å². The molecule has 2 atom stereocenters. The lowest BCUT2D eigenvalue weighted by molar-refractivity contribution is 0.261. The lowest BCUT2D eigenvalue weighted by Gasteiger charge is -2.27. The zero-order chi connectivity index (χ0) is 14.8. The fourth-order valence-electron chi connectivity index (χ4n) is 4.05. The first-order valence-electron chi connectivity index (χ1n) is 8.42. The quantitative estimate of drug-likeness (QED) is 0.854. The van der Waals surface area contributed by atoms with Crippen LogP contribution in [0.25, 0.3) is 0 Å². The lowest BCUT2D eigenvalue weighted by atomic mass is 9.79. The van der Waals surface area contributed by atoms with Gasteiger partial charge in [0.2, 0.25) is 5.95 Å². The van der Waals surface area contributed by atoms with Gasteiger partial charge in [0, 0.05) is 32.9 Å². The molecule has 1 aromatic rings. The first kappa shape index (κ1) is 14.6. The SMILES string of the molecule is CC1CC(C2CCCCC2)CN1c1ccnc(N(C)C)n1. The normalized spacial score (nSPS) is 27.1. The Kier molecular flexibility index (Phi) is 4.32. The molecule has 1 aromatic heterocycles. The van der Waals surface area contributed by atoms with Crippen molar-refractivity contribution in [1.82, 2.24) is 9.97 Å². The van der Waals surface area contributed by atoms with Gasteiger partial charge in [-0.05, 0) is 31.2 Å². The molecule has 4 heteroatoms. The summed E-state index contributed by atoms with van der Waals surface area (Å²) in [5, 5.41) is 0. The third kappa shape index (κ3) is 3.14. The van der Waals surface area contributed by atoms with Gasteiger partial charge in [-0.1, -0.05) is 32.1 Å². The summed E-state index contributed by atoms with van der Waals surface area (Å²) in [5.41, 5.74) is 0. The van der Waals surface area contributed by atoms with Gasteiger partial charge in [0.1, 0.15) is 5.82 Å². The molecular weight excluding hydrogens is 260 g/mol. The van der Waals surface area contributed by atoms with Crippen LogP contribution in [0.1, 0.15) is 45.4 Å². The molecular formula is C17H28N4. The highest BCUT2D eigenvalue weighted by molar-refractivity contribution is 5.45. The molecule has 21 heavy (non-hydrogen) atoms. The molecule has 0 bridgehead atoms. The van der Waals surface area contributed by atoms with E-state index in [1.54, 1.807) is 0 Å². The van der Waals surface area contributed by atoms with Gasteiger partial charge in [-0.2, -0.15) is 4.98 Å². The highest BCUT2D eigenvalue weighted by Crippen LogP contribution is 2.38. The molecule has 116 valence electrons. The molecule has 1 saturated carbocycles. The minimum atomic E-state index is 0.599. The van der Waals surface area contributed by atoms with E-state index in [0.29, 0.717) is 6.04 Å². The van der Waals surface area contributed by atoms with Crippen LogP contribution in [0.5, 0.6) is 0 Å². The summed E-state index contributed by atoms with van der Waals surface area (Å²) in [7, 11) is 3.99. The number of hydrogen-bond donors (Lipinski definition) is 0. The molecule has 0 amide bonds. The average molecular weight is 288 g/mol. The predicted molar refractivity (Wildman–Crippen MR) is 87.8 cm³/mol. The van der Waals surface area contributed by atoms with Crippen LogP contribution in [0.15, 0.2) is 12.3 Å². The Hall–Kier alpha value is -1.32. The number of nitrogens with zero attached hydrogens (tertiary/aromatic N) is 4. The van der Waals surface area contributed by atoms with Crippen LogP contribution in [-0.4, -0.2) is 36.6 Å². The lowest BCUT2D eigenvalue weighted by Crippen LogP contribution is -2.29. The Morgan fingerprint density at radius 2 is 1.90 bits per heavy atom. The maximum atomic E-state index is 4.72. The van der Waals surface area contributed by atoms with Crippen molar-refractivity contribution in [2.24, 2.45) is 11.8 Å². The molecule has 1 saturated heterocycles.